The molecule has 0 amide bonds. The summed E-state index contributed by atoms with van der Waals surface area (Å²) in [7, 11) is 1.53. The predicted molar refractivity (Wildman–Crippen MR) is 178 cm³/mol. The number of carbonyl (C=O) groups excluding carboxylic acids is 1. The molecule has 0 aromatic carbocycles. The summed E-state index contributed by atoms with van der Waals surface area (Å²) in [6.07, 6.45) is -3.05. The van der Waals surface area contributed by atoms with Crippen molar-refractivity contribution >= 4 is 11.7 Å². The first-order chi connectivity index (χ1) is 21.8. The minimum atomic E-state index is -1.84. The van der Waals surface area contributed by atoms with Gasteiger partial charge < -0.3 is 49.5 Å². The summed E-state index contributed by atoms with van der Waals surface area (Å²) in [5.74, 6) is -3.23. The van der Waals surface area contributed by atoms with Gasteiger partial charge in [-0.1, -0.05) is 39.8 Å². The zero-order valence-corrected chi connectivity index (χ0v) is 30.6. The van der Waals surface area contributed by atoms with Gasteiger partial charge in [-0.3, -0.25) is 4.79 Å². The fraction of sp³-hybridized carbons (Fsp3) is 0.943. The van der Waals surface area contributed by atoms with Crippen LogP contribution in [0.4, 0.5) is 0 Å². The Balaban J connectivity index is 2.04. The second-order valence-electron chi connectivity index (χ2n) is 15.3. The quantitative estimate of drug-likeness (QED) is 0.208. The van der Waals surface area contributed by atoms with Crippen LogP contribution in [0.15, 0.2) is 5.16 Å². The summed E-state index contributed by atoms with van der Waals surface area (Å²) in [5, 5.41) is 54.2. The molecule has 0 aliphatic carbocycles. The Bertz CT molecular complexity index is 1050. The van der Waals surface area contributed by atoms with Crippen molar-refractivity contribution in [2.24, 2.45) is 34.7 Å². The molecule has 12 heteroatoms. The smallest absolute Gasteiger partial charge is 0.311 e. The van der Waals surface area contributed by atoms with Gasteiger partial charge in [0, 0.05) is 31.9 Å². The highest BCUT2D eigenvalue weighted by atomic mass is 16.7. The third kappa shape index (κ3) is 9.05. The molecule has 3 rings (SSSR count). The van der Waals surface area contributed by atoms with E-state index in [1.165, 1.54) is 14.0 Å². The standard InChI is InChI=1S/C35H64N2O10/c1-12-26-35(10,42)30(38)21(4)28(37-47-25-14-13-15-36-18-25)19(2)16-33(8,41)23(6)20(3)29(22(5)32(40)45-26)46-27-17-34(9,43-11)31(39)24(7)44-27/h19-27,29-31,36,38-39,41-42H,12-18H2,1-11H3/t19-,20-,21+,22-,23-,24+,25?,26-,27+,29+,30-,31+,33-,34-,35-/m1/s1. The molecule has 47 heavy (non-hydrogen) atoms. The number of hydrogen-bond donors (Lipinski definition) is 5. The number of rotatable bonds is 6. The molecule has 5 N–H and O–H groups in total. The highest BCUT2D eigenvalue weighted by Crippen LogP contribution is 2.40. The molecule has 3 fully saturated rings. The van der Waals surface area contributed by atoms with Crippen molar-refractivity contribution in [2.45, 2.75) is 161 Å². The van der Waals surface area contributed by atoms with Gasteiger partial charge in [-0.15, -0.1) is 0 Å². The number of methoxy groups -OCH3 is 1. The fourth-order valence-electron chi connectivity index (χ4n) is 7.75. The summed E-state index contributed by atoms with van der Waals surface area (Å²) in [6.45, 7) is 19.5. The number of carbonyl (C=O) groups is 1. The summed E-state index contributed by atoms with van der Waals surface area (Å²) < 4.78 is 24.3. The summed E-state index contributed by atoms with van der Waals surface area (Å²) >= 11 is 0. The number of esters is 1. The molecular weight excluding hydrogens is 608 g/mol. The molecule has 3 saturated heterocycles. The number of aliphatic hydroxyl groups is 4. The molecule has 3 aliphatic heterocycles. The second-order valence-corrected chi connectivity index (χ2v) is 15.3. The van der Waals surface area contributed by atoms with Gasteiger partial charge in [-0.05, 0) is 78.7 Å². The summed E-state index contributed by atoms with van der Waals surface area (Å²) in [6, 6.07) is 0. The molecule has 15 atom stereocenters. The molecular formula is C35H64N2O10. The molecule has 12 nitrogen and oxygen atoms in total. The van der Waals surface area contributed by atoms with Gasteiger partial charge in [0.05, 0.1) is 41.1 Å². The van der Waals surface area contributed by atoms with Crippen LogP contribution in [0.2, 0.25) is 0 Å². The van der Waals surface area contributed by atoms with Gasteiger partial charge in [0.1, 0.15) is 23.9 Å². The Hall–Kier alpha value is -1.38. The maximum Gasteiger partial charge on any atom is 0.311 e. The van der Waals surface area contributed by atoms with Crippen LogP contribution < -0.4 is 5.32 Å². The van der Waals surface area contributed by atoms with Crippen molar-refractivity contribution in [2.75, 3.05) is 20.2 Å². The van der Waals surface area contributed by atoms with Crippen molar-refractivity contribution in [3.05, 3.63) is 0 Å². The van der Waals surface area contributed by atoms with E-state index >= 15 is 0 Å². The van der Waals surface area contributed by atoms with Gasteiger partial charge >= 0.3 is 5.97 Å². The van der Waals surface area contributed by atoms with Crippen LogP contribution in [0.25, 0.3) is 0 Å². The predicted octanol–water partition coefficient (Wildman–Crippen LogP) is 3.17. The number of nitrogens with one attached hydrogen (secondary N) is 1. The van der Waals surface area contributed by atoms with E-state index in [-0.39, 0.29) is 43.1 Å². The van der Waals surface area contributed by atoms with Crippen LogP contribution in [0.5, 0.6) is 0 Å². The molecule has 0 aromatic heterocycles. The molecule has 0 bridgehead atoms. The largest absolute Gasteiger partial charge is 0.459 e. The third-order valence-corrected chi connectivity index (χ3v) is 11.5. The lowest BCUT2D eigenvalue weighted by Gasteiger charge is -2.47. The van der Waals surface area contributed by atoms with Gasteiger partial charge in [0.25, 0.3) is 0 Å². The fourth-order valence-corrected chi connectivity index (χ4v) is 7.75. The first-order valence-corrected chi connectivity index (χ1v) is 17.6. The number of oxime groups is 1. The van der Waals surface area contributed by atoms with Crippen molar-refractivity contribution in [1.82, 2.24) is 5.32 Å². The Labute approximate surface area is 281 Å². The van der Waals surface area contributed by atoms with Crippen LogP contribution >= 0.6 is 0 Å². The van der Waals surface area contributed by atoms with Crippen molar-refractivity contribution in [1.29, 1.82) is 0 Å². The lowest BCUT2D eigenvalue weighted by atomic mass is 9.70. The molecule has 0 spiro atoms. The Morgan fingerprint density at radius 2 is 1.66 bits per heavy atom. The molecule has 1 unspecified atom stereocenters. The van der Waals surface area contributed by atoms with Crippen molar-refractivity contribution < 1.29 is 49.0 Å². The topological polar surface area (TPSA) is 169 Å². The molecule has 3 heterocycles. The Morgan fingerprint density at radius 1 is 1.00 bits per heavy atom. The average molecular weight is 673 g/mol. The number of ether oxygens (including phenoxy) is 4. The molecule has 0 aromatic rings. The first kappa shape index (κ1) is 40.1. The zero-order valence-electron chi connectivity index (χ0n) is 30.6. The first-order valence-electron chi connectivity index (χ1n) is 17.6. The monoisotopic (exact) mass is 672 g/mol. The number of nitrogens with zero attached hydrogens (tertiary/aromatic N) is 1. The van der Waals surface area contributed by atoms with Gasteiger partial charge in [-0.2, -0.15) is 0 Å². The minimum absolute atomic E-state index is 0.129. The third-order valence-electron chi connectivity index (χ3n) is 11.5. The molecule has 274 valence electrons. The van der Waals surface area contributed by atoms with Crippen LogP contribution in [0, 0.1) is 29.6 Å². The van der Waals surface area contributed by atoms with Gasteiger partial charge in [-0.25, -0.2) is 0 Å². The van der Waals surface area contributed by atoms with Crippen LogP contribution in [-0.2, 0) is 28.6 Å². The van der Waals surface area contributed by atoms with Crippen molar-refractivity contribution in [3.8, 4) is 0 Å². The normalized spacial score (nSPS) is 48.8. The minimum Gasteiger partial charge on any atom is -0.459 e. The van der Waals surface area contributed by atoms with E-state index in [2.05, 4.69) is 10.5 Å². The van der Waals surface area contributed by atoms with Crippen molar-refractivity contribution in [3.63, 3.8) is 0 Å². The van der Waals surface area contributed by atoms with E-state index in [9.17, 15) is 25.2 Å². The van der Waals surface area contributed by atoms with E-state index < -0.39 is 71.4 Å². The van der Waals surface area contributed by atoms with E-state index in [4.69, 9.17) is 23.8 Å². The average Bonchev–Trinajstić information content (AvgIpc) is 3.03. The second kappa shape index (κ2) is 16.1. The molecule has 0 radical (unpaired) electrons. The Kier molecular flexibility index (Phi) is 13.7. The number of aliphatic hydroxyl groups excluding tert-OH is 2. The maximum atomic E-state index is 13.9. The SMILES string of the molecule is CC[C@H]1OC(=O)[C@H](C)[C@@H](O[C@H]2C[C@@](C)(OC)[C@@H](O)[C@H](C)O2)[C@H](C)[C@@H](C)[C@](C)(O)C[C@@H](C)C(=NOC2CCCNC2)[C@H](C)[C@@H](O)[C@]1(C)O. The highest BCUT2D eigenvalue weighted by molar-refractivity contribution is 5.88. The van der Waals surface area contributed by atoms with Crippen LogP contribution in [0.1, 0.15) is 101 Å². The maximum absolute atomic E-state index is 13.9. The van der Waals surface area contributed by atoms with Crippen LogP contribution in [0.3, 0.4) is 0 Å². The van der Waals surface area contributed by atoms with Gasteiger partial charge in [0.15, 0.2) is 6.29 Å². The highest BCUT2D eigenvalue weighted by Gasteiger charge is 2.51. The number of hydrogen-bond acceptors (Lipinski definition) is 12. The van der Waals surface area contributed by atoms with E-state index in [1.54, 1.807) is 41.5 Å². The van der Waals surface area contributed by atoms with Crippen LogP contribution in [-0.4, -0.2) is 112 Å². The van der Waals surface area contributed by atoms with E-state index in [1.807, 2.05) is 20.8 Å². The summed E-state index contributed by atoms with van der Waals surface area (Å²) in [4.78, 5) is 19.9. The summed E-state index contributed by atoms with van der Waals surface area (Å²) in [5.41, 5.74) is -3.52. The lowest BCUT2D eigenvalue weighted by molar-refractivity contribution is -0.298. The number of cyclic esters (lactones) is 1. The number of piperidine rings is 1. The van der Waals surface area contributed by atoms with E-state index in [0.717, 1.165) is 19.4 Å². The zero-order chi connectivity index (χ0) is 35.5. The van der Waals surface area contributed by atoms with Gasteiger partial charge in [0.2, 0.25) is 0 Å². The van der Waals surface area contributed by atoms with E-state index in [0.29, 0.717) is 12.3 Å². The molecule has 0 saturated carbocycles. The molecule has 3 aliphatic rings. The Morgan fingerprint density at radius 3 is 2.23 bits per heavy atom. The lowest BCUT2D eigenvalue weighted by Crippen LogP contribution is -2.58.